The van der Waals surface area contributed by atoms with Gasteiger partial charge in [-0.15, -0.1) is 0 Å². The summed E-state index contributed by atoms with van der Waals surface area (Å²) in [6.45, 7) is 0. The van der Waals surface area contributed by atoms with Crippen molar-refractivity contribution in [2.45, 2.75) is 38.0 Å². The highest BCUT2D eigenvalue weighted by Crippen LogP contribution is 2.37. The van der Waals surface area contributed by atoms with Crippen LogP contribution in [0.4, 0.5) is 0 Å². The molecule has 5 nitrogen and oxygen atoms in total. The zero-order chi connectivity index (χ0) is 15.8. The van der Waals surface area contributed by atoms with Crippen molar-refractivity contribution < 1.29 is 0 Å². The van der Waals surface area contributed by atoms with Crippen LogP contribution in [0.3, 0.4) is 0 Å². The third-order valence-electron chi connectivity index (χ3n) is 4.84. The Morgan fingerprint density at radius 1 is 1.09 bits per heavy atom. The minimum atomic E-state index is 0.520. The molecule has 0 spiro atoms. The molecular formula is C18H19N5. The molecule has 1 fully saturated rings. The highest BCUT2D eigenvalue weighted by Gasteiger charge is 2.21. The number of hydrogen-bond acceptors (Lipinski definition) is 3. The van der Waals surface area contributed by atoms with E-state index in [1.807, 2.05) is 34.8 Å². The maximum atomic E-state index is 9.42. The number of rotatable bonds is 2. The highest BCUT2D eigenvalue weighted by molar-refractivity contribution is 5.72. The Morgan fingerprint density at radius 3 is 2.61 bits per heavy atom. The van der Waals surface area contributed by atoms with Gasteiger partial charge in [0, 0.05) is 30.6 Å². The lowest BCUT2D eigenvalue weighted by Gasteiger charge is -2.23. The molecule has 3 aromatic rings. The Kier molecular flexibility index (Phi) is 3.38. The summed E-state index contributed by atoms with van der Waals surface area (Å²) in [7, 11) is 1.92. The molecule has 116 valence electrons. The van der Waals surface area contributed by atoms with Gasteiger partial charge in [-0.3, -0.25) is 4.68 Å². The summed E-state index contributed by atoms with van der Waals surface area (Å²) in [6.07, 6.45) is 13.8. The van der Waals surface area contributed by atoms with Gasteiger partial charge in [0.2, 0.25) is 0 Å². The Balaban J connectivity index is 1.92. The van der Waals surface area contributed by atoms with Gasteiger partial charge in [0.25, 0.3) is 0 Å². The standard InChI is InChI=1S/C18H19N5/c1-22-11-16(10-20-22)14-7-17(13-5-3-2-4-6-13)18-15(8-19)9-21-23(18)12-14/h7,9-13H,2-6H2,1H3. The van der Waals surface area contributed by atoms with Crippen molar-refractivity contribution in [1.82, 2.24) is 19.4 Å². The first-order valence-electron chi connectivity index (χ1n) is 8.16. The van der Waals surface area contributed by atoms with Gasteiger partial charge in [0.15, 0.2) is 0 Å². The average molecular weight is 305 g/mol. The lowest BCUT2D eigenvalue weighted by atomic mass is 9.83. The van der Waals surface area contributed by atoms with Crippen molar-refractivity contribution in [3.8, 4) is 17.2 Å². The molecule has 0 aliphatic heterocycles. The molecule has 1 aliphatic rings. The van der Waals surface area contributed by atoms with Gasteiger partial charge in [-0.2, -0.15) is 15.5 Å². The van der Waals surface area contributed by atoms with Crippen LogP contribution in [-0.2, 0) is 7.05 Å². The number of nitriles is 1. The first-order chi connectivity index (χ1) is 11.3. The van der Waals surface area contributed by atoms with Crippen molar-refractivity contribution in [2.75, 3.05) is 0 Å². The van der Waals surface area contributed by atoms with Crippen molar-refractivity contribution >= 4 is 5.52 Å². The van der Waals surface area contributed by atoms with Crippen LogP contribution in [0.25, 0.3) is 16.6 Å². The number of hydrogen-bond donors (Lipinski definition) is 0. The molecule has 0 aromatic carbocycles. The molecular weight excluding hydrogens is 286 g/mol. The minimum absolute atomic E-state index is 0.520. The first-order valence-corrected chi connectivity index (χ1v) is 8.16. The fourth-order valence-electron chi connectivity index (χ4n) is 3.69. The predicted octanol–water partition coefficient (Wildman–Crippen LogP) is 3.65. The van der Waals surface area contributed by atoms with Gasteiger partial charge in [0.05, 0.1) is 23.5 Å². The molecule has 1 aliphatic carbocycles. The molecule has 5 heteroatoms. The van der Waals surface area contributed by atoms with Gasteiger partial charge in [-0.05, 0) is 30.4 Å². The zero-order valence-corrected chi connectivity index (χ0v) is 13.2. The highest BCUT2D eigenvalue weighted by atomic mass is 15.2. The summed E-state index contributed by atoms with van der Waals surface area (Å²) in [5.41, 5.74) is 5.11. The lowest BCUT2D eigenvalue weighted by molar-refractivity contribution is 0.444. The zero-order valence-electron chi connectivity index (χ0n) is 13.2. The molecule has 0 bridgehead atoms. The molecule has 0 amide bonds. The molecule has 0 N–H and O–H groups in total. The number of nitrogens with zero attached hydrogens (tertiary/aromatic N) is 5. The van der Waals surface area contributed by atoms with Crippen LogP contribution in [0.15, 0.2) is 30.9 Å². The number of pyridine rings is 1. The summed E-state index contributed by atoms with van der Waals surface area (Å²) >= 11 is 0. The SMILES string of the molecule is Cn1cc(-c2cc(C3CCCCC3)c3c(C#N)cnn3c2)cn1. The van der Waals surface area contributed by atoms with Crippen LogP contribution in [-0.4, -0.2) is 19.4 Å². The van der Waals surface area contributed by atoms with Crippen molar-refractivity contribution in [1.29, 1.82) is 5.26 Å². The number of aromatic nitrogens is 4. The van der Waals surface area contributed by atoms with E-state index in [4.69, 9.17) is 0 Å². The Hall–Kier alpha value is -2.61. The third-order valence-corrected chi connectivity index (χ3v) is 4.84. The van der Waals surface area contributed by atoms with Crippen molar-refractivity contribution in [3.05, 3.63) is 42.0 Å². The molecule has 0 atom stereocenters. The van der Waals surface area contributed by atoms with Crippen LogP contribution in [0.2, 0.25) is 0 Å². The van der Waals surface area contributed by atoms with E-state index in [2.05, 4.69) is 22.3 Å². The van der Waals surface area contributed by atoms with E-state index in [1.165, 1.54) is 37.7 Å². The molecule has 0 saturated heterocycles. The quantitative estimate of drug-likeness (QED) is 0.726. The van der Waals surface area contributed by atoms with Gasteiger partial charge in [0.1, 0.15) is 6.07 Å². The number of aryl methyl sites for hydroxylation is 1. The summed E-state index contributed by atoms with van der Waals surface area (Å²) in [5.74, 6) is 0.520. The monoisotopic (exact) mass is 305 g/mol. The average Bonchev–Trinajstić information content (AvgIpc) is 3.20. The molecule has 0 radical (unpaired) electrons. The smallest absolute Gasteiger partial charge is 0.103 e. The van der Waals surface area contributed by atoms with E-state index in [9.17, 15) is 5.26 Å². The number of fused-ring (bicyclic) bond motifs is 1. The van der Waals surface area contributed by atoms with E-state index < -0.39 is 0 Å². The molecule has 3 aromatic heterocycles. The summed E-state index contributed by atoms with van der Waals surface area (Å²) in [6, 6.07) is 4.53. The Morgan fingerprint density at radius 2 is 1.91 bits per heavy atom. The van der Waals surface area contributed by atoms with E-state index in [1.54, 1.807) is 6.20 Å². The van der Waals surface area contributed by atoms with Crippen LogP contribution in [0, 0.1) is 11.3 Å². The largest absolute Gasteiger partial charge is 0.275 e. The third kappa shape index (κ3) is 2.40. The molecule has 23 heavy (non-hydrogen) atoms. The van der Waals surface area contributed by atoms with Crippen molar-refractivity contribution in [2.24, 2.45) is 7.05 Å². The normalized spacial score (nSPS) is 15.8. The van der Waals surface area contributed by atoms with E-state index in [-0.39, 0.29) is 0 Å². The summed E-state index contributed by atoms with van der Waals surface area (Å²) < 4.78 is 3.68. The second-order valence-electron chi connectivity index (χ2n) is 6.38. The second kappa shape index (κ2) is 5.54. The van der Waals surface area contributed by atoms with E-state index in [0.29, 0.717) is 11.5 Å². The van der Waals surface area contributed by atoms with Gasteiger partial charge in [-0.1, -0.05) is 19.3 Å². The Labute approximate surface area is 135 Å². The lowest BCUT2D eigenvalue weighted by Crippen LogP contribution is -2.07. The van der Waals surface area contributed by atoms with Crippen molar-refractivity contribution in [3.63, 3.8) is 0 Å². The molecule has 0 unspecified atom stereocenters. The molecule has 1 saturated carbocycles. The minimum Gasteiger partial charge on any atom is -0.275 e. The van der Waals surface area contributed by atoms with Crippen LogP contribution in [0.5, 0.6) is 0 Å². The van der Waals surface area contributed by atoms with E-state index >= 15 is 0 Å². The summed E-state index contributed by atoms with van der Waals surface area (Å²) in [5, 5.41) is 18.1. The van der Waals surface area contributed by atoms with Gasteiger partial charge < -0.3 is 0 Å². The van der Waals surface area contributed by atoms with Crippen LogP contribution < -0.4 is 0 Å². The summed E-state index contributed by atoms with van der Waals surface area (Å²) in [4.78, 5) is 0. The fraction of sp³-hybridized carbons (Fsp3) is 0.389. The van der Waals surface area contributed by atoms with Crippen LogP contribution >= 0.6 is 0 Å². The molecule has 3 heterocycles. The van der Waals surface area contributed by atoms with Gasteiger partial charge >= 0.3 is 0 Å². The fourth-order valence-corrected chi connectivity index (χ4v) is 3.69. The molecule has 4 rings (SSSR count). The first kappa shape index (κ1) is 14.0. The maximum Gasteiger partial charge on any atom is 0.103 e. The van der Waals surface area contributed by atoms with E-state index in [0.717, 1.165) is 16.6 Å². The predicted molar refractivity (Wildman–Crippen MR) is 87.9 cm³/mol. The van der Waals surface area contributed by atoms with Gasteiger partial charge in [-0.25, -0.2) is 4.52 Å². The second-order valence-corrected chi connectivity index (χ2v) is 6.38. The van der Waals surface area contributed by atoms with Crippen LogP contribution in [0.1, 0.15) is 49.1 Å². The topological polar surface area (TPSA) is 58.9 Å². The maximum absolute atomic E-state index is 9.42. The Bertz CT molecular complexity index is 890.